The van der Waals surface area contributed by atoms with Crippen molar-refractivity contribution in [3.8, 4) is 0 Å². The van der Waals surface area contributed by atoms with Gasteiger partial charge in [-0.2, -0.15) is 0 Å². The fourth-order valence-electron chi connectivity index (χ4n) is 0.285. The number of carbonyl (C=O) groups is 1. The van der Waals surface area contributed by atoms with E-state index >= 15 is 0 Å². The minimum Gasteiger partial charge on any atom is -0.480 e. The monoisotopic (exact) mass is 118 g/mol. The van der Waals surface area contributed by atoms with Crippen LogP contribution in [0.3, 0.4) is 0 Å². The van der Waals surface area contributed by atoms with E-state index in [0.29, 0.717) is 0 Å². The smallest absolute Gasteiger partial charge is 0.320 e. The number of hydrogen-bond donors (Lipinski definition) is 2. The first-order valence-electron chi connectivity index (χ1n) is 2.54. The quantitative estimate of drug-likeness (QED) is 0.504. The summed E-state index contributed by atoms with van der Waals surface area (Å²) in [5, 5.41) is 8.23. The van der Waals surface area contributed by atoms with E-state index in [1.807, 2.05) is 0 Å². The van der Waals surface area contributed by atoms with Crippen molar-refractivity contribution in [2.24, 2.45) is 11.7 Å². The molecule has 0 unspecified atom stereocenters. The summed E-state index contributed by atoms with van der Waals surface area (Å²) >= 11 is 0. The first-order valence-corrected chi connectivity index (χ1v) is 2.54. The average Bonchev–Trinajstić information content (AvgIpc) is 1.64. The molecule has 0 aliphatic heterocycles. The predicted molar refractivity (Wildman–Crippen MR) is 30.4 cm³/mol. The largest absolute Gasteiger partial charge is 0.480 e. The highest BCUT2D eigenvalue weighted by atomic mass is 16.4. The fourth-order valence-corrected chi connectivity index (χ4v) is 0.285. The van der Waals surface area contributed by atoms with Crippen molar-refractivity contribution in [2.75, 3.05) is 0 Å². The lowest BCUT2D eigenvalue weighted by atomic mass is 10.1. The molecule has 3 nitrogen and oxygen atoms in total. The predicted octanol–water partition coefficient (Wildman–Crippen LogP) is 0.0543. The molecule has 3 heteroatoms. The third-order valence-electron chi connectivity index (χ3n) is 1.00. The van der Waals surface area contributed by atoms with Crippen LogP contribution < -0.4 is 5.73 Å². The Labute approximate surface area is 48.5 Å². The molecule has 0 heterocycles. The number of aliphatic carboxylic acids is 1. The molecular formula is C5H11NO2. The second-order valence-corrected chi connectivity index (χ2v) is 2.11. The molecule has 0 fully saturated rings. The summed E-state index contributed by atoms with van der Waals surface area (Å²) in [6.07, 6.45) is 0. The van der Waals surface area contributed by atoms with E-state index in [1.54, 1.807) is 13.8 Å². The highest BCUT2D eigenvalue weighted by Crippen LogP contribution is 1.96. The molecule has 0 saturated heterocycles. The lowest BCUT2D eigenvalue weighted by Crippen LogP contribution is -2.34. The van der Waals surface area contributed by atoms with Crippen LogP contribution in [0.5, 0.6) is 0 Å². The van der Waals surface area contributed by atoms with Gasteiger partial charge in [-0.25, -0.2) is 0 Å². The van der Waals surface area contributed by atoms with Crippen molar-refractivity contribution < 1.29 is 9.90 Å². The summed E-state index contributed by atoms with van der Waals surface area (Å²) in [7, 11) is 0. The van der Waals surface area contributed by atoms with Crippen molar-refractivity contribution in [3.05, 3.63) is 0 Å². The molecule has 8 heavy (non-hydrogen) atoms. The SMILES string of the molecule is CC(C)[C@@H]([15NH2])C(=O)O. The molecule has 0 amide bonds. The summed E-state index contributed by atoms with van der Waals surface area (Å²) in [4.78, 5) is 10.0. The molecule has 0 aliphatic carbocycles. The molecular weight excluding hydrogens is 107 g/mol. The molecule has 0 radical (unpaired) electrons. The molecule has 0 saturated carbocycles. The molecule has 0 aromatic heterocycles. The van der Waals surface area contributed by atoms with E-state index in [9.17, 15) is 4.79 Å². The number of carboxylic acids is 1. The Bertz CT molecular complexity index is 90.4. The Hall–Kier alpha value is -0.570. The summed E-state index contributed by atoms with van der Waals surface area (Å²) in [5.74, 6) is -0.910. The zero-order valence-electron chi connectivity index (χ0n) is 5.09. The fraction of sp³-hybridized carbons (Fsp3) is 0.800. The molecule has 0 aromatic carbocycles. The van der Waals surface area contributed by atoms with E-state index < -0.39 is 12.0 Å². The van der Waals surface area contributed by atoms with E-state index in [0.717, 1.165) is 0 Å². The summed E-state index contributed by atoms with van der Waals surface area (Å²) in [6, 6.07) is -0.713. The van der Waals surface area contributed by atoms with Crippen molar-refractivity contribution in [1.29, 1.82) is 0 Å². The van der Waals surface area contributed by atoms with Crippen LogP contribution in [0.25, 0.3) is 0 Å². The lowest BCUT2D eigenvalue weighted by molar-refractivity contribution is -0.139. The molecule has 1 atom stereocenters. The van der Waals surface area contributed by atoms with Gasteiger partial charge < -0.3 is 10.8 Å². The Balaban J connectivity index is 3.64. The molecule has 48 valence electrons. The van der Waals surface area contributed by atoms with Gasteiger partial charge in [0.15, 0.2) is 0 Å². The Morgan fingerprint density at radius 3 is 2.00 bits per heavy atom. The Morgan fingerprint density at radius 1 is 1.62 bits per heavy atom. The van der Waals surface area contributed by atoms with E-state index in [-0.39, 0.29) is 5.92 Å². The first kappa shape index (κ1) is 7.43. The van der Waals surface area contributed by atoms with Gasteiger partial charge in [0.1, 0.15) is 6.04 Å². The number of hydrogen-bond acceptors (Lipinski definition) is 2. The van der Waals surface area contributed by atoms with Crippen LogP contribution in [0.1, 0.15) is 13.8 Å². The minimum atomic E-state index is -0.931. The zero-order chi connectivity index (χ0) is 6.73. The first-order chi connectivity index (χ1) is 3.55. The van der Waals surface area contributed by atoms with E-state index in [4.69, 9.17) is 10.8 Å². The zero-order valence-corrected chi connectivity index (χ0v) is 5.09. The van der Waals surface area contributed by atoms with Crippen molar-refractivity contribution in [2.45, 2.75) is 19.9 Å². The third-order valence-corrected chi connectivity index (χ3v) is 1.00. The topological polar surface area (TPSA) is 63.3 Å². The normalized spacial score (nSPS) is 14.0. The van der Waals surface area contributed by atoms with Gasteiger partial charge in [-0.15, -0.1) is 0 Å². The maximum absolute atomic E-state index is 10.0. The molecule has 0 bridgehead atoms. The second kappa shape index (κ2) is 2.67. The summed E-state index contributed by atoms with van der Waals surface area (Å²) in [5.41, 5.74) is 5.16. The third kappa shape index (κ3) is 1.93. The van der Waals surface area contributed by atoms with Gasteiger partial charge in [-0.1, -0.05) is 13.8 Å². The summed E-state index contributed by atoms with van der Waals surface area (Å²) < 4.78 is 0. The van der Waals surface area contributed by atoms with Gasteiger partial charge in [0.2, 0.25) is 0 Å². The Kier molecular flexibility index (Phi) is 2.48. The molecule has 3 N–H and O–H groups in total. The van der Waals surface area contributed by atoms with Crippen LogP contribution in [0.4, 0.5) is 0 Å². The van der Waals surface area contributed by atoms with Gasteiger partial charge in [-0.3, -0.25) is 4.79 Å². The van der Waals surface area contributed by atoms with Crippen molar-refractivity contribution in [3.63, 3.8) is 0 Å². The number of rotatable bonds is 2. The van der Waals surface area contributed by atoms with Crippen LogP contribution in [-0.4, -0.2) is 17.1 Å². The second-order valence-electron chi connectivity index (χ2n) is 2.11. The standard InChI is InChI=1S/C5H11NO2/c1-3(2)4(6)5(7)8/h3-4H,6H2,1-2H3,(H,7,8)/t4-/m1/s1/i6+1. The highest BCUT2D eigenvalue weighted by Gasteiger charge is 2.14. The molecule has 0 spiro atoms. The highest BCUT2D eigenvalue weighted by molar-refractivity contribution is 5.73. The summed E-state index contributed by atoms with van der Waals surface area (Å²) in [6.45, 7) is 3.55. The van der Waals surface area contributed by atoms with Gasteiger partial charge in [0, 0.05) is 0 Å². The molecule has 0 rings (SSSR count). The van der Waals surface area contributed by atoms with Crippen LogP contribution >= 0.6 is 0 Å². The van der Waals surface area contributed by atoms with Crippen LogP contribution in [0.15, 0.2) is 0 Å². The van der Waals surface area contributed by atoms with Gasteiger partial charge in [-0.05, 0) is 5.92 Å². The minimum absolute atomic E-state index is 0.0208. The number of carboxylic acid groups (broad SMARTS) is 1. The molecule has 0 aliphatic rings. The maximum Gasteiger partial charge on any atom is 0.320 e. The molecule has 0 aromatic rings. The maximum atomic E-state index is 10.0. The van der Waals surface area contributed by atoms with Gasteiger partial charge >= 0.3 is 5.97 Å². The van der Waals surface area contributed by atoms with Crippen LogP contribution in [0.2, 0.25) is 0 Å². The number of nitrogens with two attached hydrogens (primary N) is 1. The van der Waals surface area contributed by atoms with E-state index in [1.165, 1.54) is 0 Å². The van der Waals surface area contributed by atoms with E-state index in [2.05, 4.69) is 0 Å². The average molecular weight is 118 g/mol. The van der Waals surface area contributed by atoms with Crippen molar-refractivity contribution in [1.82, 2.24) is 0 Å². The van der Waals surface area contributed by atoms with Crippen molar-refractivity contribution >= 4 is 5.97 Å². The lowest BCUT2D eigenvalue weighted by Gasteiger charge is -2.07. The van der Waals surface area contributed by atoms with Crippen LogP contribution in [-0.2, 0) is 4.79 Å². The van der Waals surface area contributed by atoms with Gasteiger partial charge in [0.25, 0.3) is 0 Å². The van der Waals surface area contributed by atoms with Gasteiger partial charge in [0.05, 0.1) is 0 Å². The van der Waals surface area contributed by atoms with Crippen LogP contribution in [0, 0.1) is 5.92 Å². The Morgan fingerprint density at radius 2 is 2.00 bits per heavy atom.